The molecule has 2 aromatic rings. The molecule has 0 radical (unpaired) electrons. The number of nitrogens with one attached hydrogen (secondary N) is 1. The van der Waals surface area contributed by atoms with Crippen molar-refractivity contribution >= 4 is 15.7 Å². The number of carbonyl (C=O) groups is 1. The minimum absolute atomic E-state index is 0.0477. The van der Waals surface area contributed by atoms with Crippen LogP contribution in [0.1, 0.15) is 23.4 Å². The topological polar surface area (TPSA) is 94.0 Å². The molecule has 128 valence electrons. The Kier molecular flexibility index (Phi) is 4.40. The maximum Gasteiger partial charge on any atom is 0.224 e. The van der Waals surface area contributed by atoms with Gasteiger partial charge in [-0.05, 0) is 38.0 Å². The second-order valence-corrected chi connectivity index (χ2v) is 8.41. The Bertz CT molecular complexity index is 856. The molecule has 0 saturated carbocycles. The smallest absolute Gasteiger partial charge is 0.224 e. The molecule has 0 unspecified atom stereocenters. The summed E-state index contributed by atoms with van der Waals surface area (Å²) in [6.07, 6.45) is 2.10. The van der Waals surface area contributed by atoms with E-state index in [0.29, 0.717) is 13.0 Å². The van der Waals surface area contributed by atoms with Crippen LogP contribution in [0.4, 0.5) is 0 Å². The first kappa shape index (κ1) is 16.6. The van der Waals surface area contributed by atoms with Crippen LogP contribution >= 0.6 is 0 Å². The highest BCUT2D eigenvalue weighted by atomic mass is 32.2. The summed E-state index contributed by atoms with van der Waals surface area (Å²) in [6, 6.07) is 5.71. The van der Waals surface area contributed by atoms with E-state index in [1.54, 1.807) is 10.9 Å². The molecule has 3 rings (SSSR count). The van der Waals surface area contributed by atoms with Gasteiger partial charge in [-0.15, -0.1) is 0 Å². The van der Waals surface area contributed by atoms with Gasteiger partial charge in [-0.25, -0.2) is 18.1 Å². The van der Waals surface area contributed by atoms with Crippen molar-refractivity contribution in [2.45, 2.75) is 26.8 Å². The number of rotatable bonds is 4. The van der Waals surface area contributed by atoms with Crippen LogP contribution < -0.4 is 5.32 Å². The fraction of sp³-hybridized carbons (Fsp3) is 0.438. The van der Waals surface area contributed by atoms with Gasteiger partial charge in [0.05, 0.1) is 23.1 Å². The lowest BCUT2D eigenvalue weighted by molar-refractivity contribution is -0.124. The fourth-order valence-corrected chi connectivity index (χ4v) is 4.58. The van der Waals surface area contributed by atoms with E-state index in [-0.39, 0.29) is 17.4 Å². The lowest BCUT2D eigenvalue weighted by Crippen LogP contribution is -2.31. The Morgan fingerprint density at radius 2 is 2.17 bits per heavy atom. The van der Waals surface area contributed by atoms with Gasteiger partial charge in [0.15, 0.2) is 15.7 Å². The molecule has 0 bridgehead atoms. The zero-order valence-electron chi connectivity index (χ0n) is 13.7. The van der Waals surface area contributed by atoms with E-state index >= 15 is 0 Å². The first-order valence-corrected chi connectivity index (χ1v) is 9.63. The molecule has 2 aromatic heterocycles. The number of amides is 1. The van der Waals surface area contributed by atoms with Crippen LogP contribution in [0.25, 0.3) is 5.82 Å². The standard InChI is InChI=1S/C16H20N4O3S/c1-11-7-12(2)20(19-11)15-4-3-13(8-17-15)9-18-16(21)14-5-6-24(22,23)10-14/h3-4,7-8,14H,5-6,9-10H2,1-2H3,(H,18,21)/t14-/m0/s1. The predicted molar refractivity (Wildman–Crippen MR) is 89.4 cm³/mol. The summed E-state index contributed by atoms with van der Waals surface area (Å²) in [7, 11) is -3.04. The Labute approximate surface area is 141 Å². The van der Waals surface area contributed by atoms with Crippen molar-refractivity contribution in [2.24, 2.45) is 5.92 Å². The van der Waals surface area contributed by atoms with Crippen LogP contribution in [0.2, 0.25) is 0 Å². The zero-order valence-corrected chi connectivity index (χ0v) is 14.5. The molecule has 1 N–H and O–H groups in total. The quantitative estimate of drug-likeness (QED) is 0.887. The molecule has 24 heavy (non-hydrogen) atoms. The van der Waals surface area contributed by atoms with Gasteiger partial charge in [-0.1, -0.05) is 6.07 Å². The highest BCUT2D eigenvalue weighted by Gasteiger charge is 2.32. The van der Waals surface area contributed by atoms with Crippen molar-refractivity contribution in [1.29, 1.82) is 0 Å². The summed E-state index contributed by atoms with van der Waals surface area (Å²) < 4.78 is 24.6. The SMILES string of the molecule is Cc1cc(C)n(-c2ccc(CNC(=O)[C@H]3CCS(=O)(=O)C3)cn2)n1. The Hall–Kier alpha value is -2.22. The molecule has 0 aliphatic carbocycles. The minimum Gasteiger partial charge on any atom is -0.352 e. The van der Waals surface area contributed by atoms with Crippen molar-refractivity contribution in [3.8, 4) is 5.82 Å². The van der Waals surface area contributed by atoms with Gasteiger partial charge in [0, 0.05) is 18.4 Å². The third kappa shape index (κ3) is 3.64. The molecule has 8 heteroatoms. The Morgan fingerprint density at radius 1 is 1.38 bits per heavy atom. The molecule has 7 nitrogen and oxygen atoms in total. The van der Waals surface area contributed by atoms with Crippen LogP contribution in [-0.2, 0) is 21.2 Å². The van der Waals surface area contributed by atoms with E-state index in [0.717, 1.165) is 22.8 Å². The molecule has 0 aromatic carbocycles. The highest BCUT2D eigenvalue weighted by molar-refractivity contribution is 7.91. The first-order chi connectivity index (χ1) is 11.3. The number of hydrogen-bond acceptors (Lipinski definition) is 5. The summed E-state index contributed by atoms with van der Waals surface area (Å²) in [5.41, 5.74) is 2.79. The van der Waals surface area contributed by atoms with E-state index in [1.807, 2.05) is 32.0 Å². The highest BCUT2D eigenvalue weighted by Crippen LogP contribution is 2.18. The van der Waals surface area contributed by atoms with Crippen molar-refractivity contribution in [1.82, 2.24) is 20.1 Å². The van der Waals surface area contributed by atoms with Crippen molar-refractivity contribution in [3.05, 3.63) is 41.3 Å². The maximum atomic E-state index is 12.0. The zero-order chi connectivity index (χ0) is 17.3. The molecule has 0 spiro atoms. The summed E-state index contributed by atoms with van der Waals surface area (Å²) in [4.78, 5) is 16.4. The van der Waals surface area contributed by atoms with E-state index < -0.39 is 15.8 Å². The van der Waals surface area contributed by atoms with Crippen LogP contribution in [0.15, 0.2) is 24.4 Å². The number of aryl methyl sites for hydroxylation is 2. The molecule has 1 aliphatic heterocycles. The maximum absolute atomic E-state index is 12.0. The van der Waals surface area contributed by atoms with E-state index in [2.05, 4.69) is 15.4 Å². The molecular formula is C16H20N4O3S. The lowest BCUT2D eigenvalue weighted by Gasteiger charge is -2.10. The number of hydrogen-bond donors (Lipinski definition) is 1. The van der Waals surface area contributed by atoms with Gasteiger partial charge in [0.1, 0.15) is 0 Å². The summed E-state index contributed by atoms with van der Waals surface area (Å²) in [5.74, 6) is 0.131. The fourth-order valence-electron chi connectivity index (χ4n) is 2.84. The number of aromatic nitrogens is 3. The third-order valence-corrected chi connectivity index (χ3v) is 5.87. The van der Waals surface area contributed by atoms with Gasteiger partial charge in [-0.3, -0.25) is 4.79 Å². The number of carbonyl (C=O) groups excluding carboxylic acids is 1. The van der Waals surface area contributed by atoms with Crippen LogP contribution in [-0.4, -0.2) is 40.6 Å². The van der Waals surface area contributed by atoms with Gasteiger partial charge >= 0.3 is 0 Å². The van der Waals surface area contributed by atoms with Gasteiger partial charge in [-0.2, -0.15) is 5.10 Å². The van der Waals surface area contributed by atoms with Gasteiger partial charge in [0.25, 0.3) is 0 Å². The molecule has 3 heterocycles. The molecule has 1 amide bonds. The summed E-state index contributed by atoms with van der Waals surface area (Å²) in [6.45, 7) is 4.22. The van der Waals surface area contributed by atoms with Crippen molar-refractivity contribution in [2.75, 3.05) is 11.5 Å². The summed E-state index contributed by atoms with van der Waals surface area (Å²) in [5, 5.41) is 7.17. The van der Waals surface area contributed by atoms with Gasteiger partial charge < -0.3 is 5.32 Å². The van der Waals surface area contributed by atoms with Crippen LogP contribution in [0.5, 0.6) is 0 Å². The van der Waals surface area contributed by atoms with E-state index in [1.165, 1.54) is 0 Å². The lowest BCUT2D eigenvalue weighted by atomic mass is 10.1. The second-order valence-electron chi connectivity index (χ2n) is 6.18. The molecule has 1 fully saturated rings. The average Bonchev–Trinajstić information content (AvgIpc) is 3.07. The second kappa shape index (κ2) is 6.35. The normalized spacial score (nSPS) is 19.3. The Morgan fingerprint density at radius 3 is 2.71 bits per heavy atom. The molecule has 1 saturated heterocycles. The van der Waals surface area contributed by atoms with Gasteiger partial charge in [0.2, 0.25) is 5.91 Å². The largest absolute Gasteiger partial charge is 0.352 e. The van der Waals surface area contributed by atoms with Crippen molar-refractivity contribution in [3.63, 3.8) is 0 Å². The number of pyridine rings is 1. The number of nitrogens with zero attached hydrogens (tertiary/aromatic N) is 3. The third-order valence-electron chi connectivity index (χ3n) is 4.11. The average molecular weight is 348 g/mol. The van der Waals surface area contributed by atoms with Crippen molar-refractivity contribution < 1.29 is 13.2 Å². The van der Waals surface area contributed by atoms with Crippen LogP contribution in [0, 0.1) is 19.8 Å². The number of sulfone groups is 1. The minimum atomic E-state index is -3.04. The van der Waals surface area contributed by atoms with E-state index in [9.17, 15) is 13.2 Å². The van der Waals surface area contributed by atoms with Crippen LogP contribution in [0.3, 0.4) is 0 Å². The first-order valence-electron chi connectivity index (χ1n) is 7.81. The van der Waals surface area contributed by atoms with E-state index in [4.69, 9.17) is 0 Å². The monoisotopic (exact) mass is 348 g/mol. The molecule has 1 aliphatic rings. The predicted octanol–water partition coefficient (Wildman–Crippen LogP) is 0.935. The molecular weight excluding hydrogens is 328 g/mol. The molecule has 1 atom stereocenters. The Balaban J connectivity index is 1.61. The summed E-state index contributed by atoms with van der Waals surface area (Å²) >= 11 is 0.